The molecule has 0 aromatic heterocycles. The van der Waals surface area contributed by atoms with Crippen molar-refractivity contribution in [2.75, 3.05) is 0 Å². The first kappa shape index (κ1) is 29.7. The van der Waals surface area contributed by atoms with Crippen LogP contribution in [0.5, 0.6) is 0 Å². The summed E-state index contributed by atoms with van der Waals surface area (Å²) < 4.78 is 0. The molecule has 0 bridgehead atoms. The van der Waals surface area contributed by atoms with Crippen LogP contribution >= 0.6 is 0 Å². The van der Waals surface area contributed by atoms with Gasteiger partial charge in [-0.1, -0.05) is 172 Å². The van der Waals surface area contributed by atoms with Gasteiger partial charge in [0, 0.05) is 5.41 Å². The molecule has 51 heavy (non-hydrogen) atoms. The molecular formula is C51H36. The van der Waals surface area contributed by atoms with E-state index in [0.717, 1.165) is 0 Å². The molecule has 0 spiro atoms. The molecule has 1 aliphatic carbocycles. The van der Waals surface area contributed by atoms with Crippen molar-refractivity contribution in [3.8, 4) is 33.4 Å². The predicted octanol–water partition coefficient (Wildman–Crippen LogP) is 14.1. The number of allylic oxidation sites excluding steroid dienone is 1. The number of fused-ring (bicyclic) bond motifs is 6. The molecule has 0 saturated heterocycles. The number of rotatable bonds is 4. The summed E-state index contributed by atoms with van der Waals surface area (Å²) in [5, 5.41) is 10.2. The van der Waals surface area contributed by atoms with Crippen LogP contribution in [0.1, 0.15) is 30.5 Å². The van der Waals surface area contributed by atoms with Crippen LogP contribution in [0.15, 0.2) is 176 Å². The molecule has 9 aromatic rings. The van der Waals surface area contributed by atoms with Crippen LogP contribution in [-0.2, 0) is 5.41 Å². The summed E-state index contributed by atoms with van der Waals surface area (Å²) >= 11 is 0. The summed E-state index contributed by atoms with van der Waals surface area (Å²) in [5.41, 5.74) is 12.8. The van der Waals surface area contributed by atoms with Crippen molar-refractivity contribution < 1.29 is 0 Å². The van der Waals surface area contributed by atoms with Crippen molar-refractivity contribution in [2.24, 2.45) is 0 Å². The lowest BCUT2D eigenvalue weighted by atomic mass is 9.76. The van der Waals surface area contributed by atoms with E-state index in [1.54, 1.807) is 0 Å². The van der Waals surface area contributed by atoms with Crippen LogP contribution in [-0.4, -0.2) is 0 Å². The number of hydrogen-bond donors (Lipinski definition) is 0. The van der Waals surface area contributed by atoms with Crippen LogP contribution in [0.25, 0.3) is 88.1 Å². The molecule has 0 nitrogen and oxygen atoms in total. The van der Waals surface area contributed by atoms with Crippen LogP contribution in [0.2, 0.25) is 0 Å². The van der Waals surface area contributed by atoms with Crippen molar-refractivity contribution in [3.05, 3.63) is 193 Å². The van der Waals surface area contributed by atoms with Gasteiger partial charge < -0.3 is 0 Å². The first-order chi connectivity index (χ1) is 25.1. The standard InChI is InChI=1S/C51H36/c1-51(2)47(35-18-7-4-8-19-35)32-46-45(33-15-5-3-6-16-33)30-38(31-48(46)51)50-43-23-13-11-21-41(43)49(42-22-12-14-24-44(42)50)37-27-28-40-36(29-37)26-25-34-17-9-10-20-39(34)40/h3-32H,1-2H3. The minimum Gasteiger partial charge on any atom is -0.0622 e. The fourth-order valence-corrected chi connectivity index (χ4v) is 8.78. The molecule has 0 heterocycles. The molecule has 0 radical (unpaired) electrons. The maximum absolute atomic E-state index is 2.49. The topological polar surface area (TPSA) is 0 Å². The summed E-state index contributed by atoms with van der Waals surface area (Å²) in [6.45, 7) is 4.77. The third-order valence-electron chi connectivity index (χ3n) is 11.2. The Morgan fingerprint density at radius 1 is 0.353 bits per heavy atom. The van der Waals surface area contributed by atoms with E-state index in [1.165, 1.54) is 98.7 Å². The number of hydrogen-bond acceptors (Lipinski definition) is 0. The van der Waals surface area contributed by atoms with E-state index < -0.39 is 0 Å². The van der Waals surface area contributed by atoms with Gasteiger partial charge in [0.25, 0.3) is 0 Å². The molecule has 10 rings (SSSR count). The largest absolute Gasteiger partial charge is 0.0622 e. The summed E-state index contributed by atoms with van der Waals surface area (Å²) in [6.07, 6.45) is 2.44. The van der Waals surface area contributed by atoms with E-state index in [9.17, 15) is 0 Å². The van der Waals surface area contributed by atoms with Gasteiger partial charge in [0.05, 0.1) is 0 Å². The first-order valence-corrected chi connectivity index (χ1v) is 17.9. The zero-order chi connectivity index (χ0) is 34.1. The molecule has 0 unspecified atom stereocenters. The van der Waals surface area contributed by atoms with Crippen LogP contribution in [0, 0.1) is 0 Å². The monoisotopic (exact) mass is 648 g/mol. The van der Waals surface area contributed by atoms with E-state index in [0.29, 0.717) is 0 Å². The van der Waals surface area contributed by atoms with E-state index >= 15 is 0 Å². The lowest BCUT2D eigenvalue weighted by Crippen LogP contribution is -2.16. The second-order valence-electron chi connectivity index (χ2n) is 14.5. The average molecular weight is 649 g/mol. The van der Waals surface area contributed by atoms with Crippen molar-refractivity contribution in [1.29, 1.82) is 0 Å². The second kappa shape index (κ2) is 11.4. The van der Waals surface area contributed by atoms with Crippen molar-refractivity contribution in [2.45, 2.75) is 19.3 Å². The lowest BCUT2D eigenvalue weighted by Gasteiger charge is -2.27. The summed E-state index contributed by atoms with van der Waals surface area (Å²) in [5.74, 6) is 0. The van der Waals surface area contributed by atoms with E-state index in [1.807, 2.05) is 0 Å². The highest BCUT2D eigenvalue weighted by molar-refractivity contribution is 6.22. The van der Waals surface area contributed by atoms with E-state index in [-0.39, 0.29) is 5.41 Å². The van der Waals surface area contributed by atoms with Crippen LogP contribution in [0.4, 0.5) is 0 Å². The average Bonchev–Trinajstić information content (AvgIpc) is 3.46. The SMILES string of the molecule is CC1(C)C(c2ccccc2)=Cc2c(-c3ccccc3)cc(-c3c4ccccc4c(-c4ccc5c(ccc6ccccc65)c4)c4ccccc34)cc21. The Hall–Kier alpha value is -6.24. The highest BCUT2D eigenvalue weighted by Crippen LogP contribution is 2.52. The third-order valence-corrected chi connectivity index (χ3v) is 11.2. The van der Waals surface area contributed by atoms with Gasteiger partial charge in [-0.3, -0.25) is 0 Å². The Bertz CT molecular complexity index is 2800. The molecule has 1 aliphatic rings. The fourth-order valence-electron chi connectivity index (χ4n) is 8.78. The van der Waals surface area contributed by atoms with Gasteiger partial charge in [0.1, 0.15) is 0 Å². The second-order valence-corrected chi connectivity index (χ2v) is 14.5. The Labute approximate surface area is 299 Å². The molecule has 0 aliphatic heterocycles. The first-order valence-electron chi connectivity index (χ1n) is 17.9. The van der Waals surface area contributed by atoms with E-state index in [4.69, 9.17) is 0 Å². The molecule has 0 N–H and O–H groups in total. The number of benzene rings is 9. The molecule has 0 amide bonds. The summed E-state index contributed by atoms with van der Waals surface area (Å²) in [7, 11) is 0. The van der Waals surface area contributed by atoms with Crippen LogP contribution < -0.4 is 0 Å². The highest BCUT2D eigenvalue weighted by atomic mass is 14.4. The maximum Gasteiger partial charge on any atom is 0.0159 e. The Balaban J connectivity index is 1.25. The zero-order valence-corrected chi connectivity index (χ0v) is 28.8. The van der Waals surface area contributed by atoms with Gasteiger partial charge in [0.15, 0.2) is 0 Å². The van der Waals surface area contributed by atoms with Gasteiger partial charge in [-0.15, -0.1) is 0 Å². The molecule has 0 saturated carbocycles. The minimum absolute atomic E-state index is 0.170. The normalized spacial score (nSPS) is 13.6. The van der Waals surface area contributed by atoms with Gasteiger partial charge in [-0.2, -0.15) is 0 Å². The van der Waals surface area contributed by atoms with Gasteiger partial charge >= 0.3 is 0 Å². The van der Waals surface area contributed by atoms with Crippen molar-refractivity contribution in [1.82, 2.24) is 0 Å². The van der Waals surface area contributed by atoms with Crippen molar-refractivity contribution >= 4 is 54.7 Å². The molecule has 9 aromatic carbocycles. The van der Waals surface area contributed by atoms with E-state index in [2.05, 4.69) is 196 Å². The quantitative estimate of drug-likeness (QED) is 0.132. The molecule has 0 heteroatoms. The predicted molar refractivity (Wildman–Crippen MR) is 220 cm³/mol. The fraction of sp³-hybridized carbons (Fsp3) is 0.0588. The van der Waals surface area contributed by atoms with Crippen LogP contribution in [0.3, 0.4) is 0 Å². The van der Waals surface area contributed by atoms with Crippen molar-refractivity contribution in [3.63, 3.8) is 0 Å². The lowest BCUT2D eigenvalue weighted by molar-refractivity contribution is 0.704. The molecular weight excluding hydrogens is 613 g/mol. The highest BCUT2D eigenvalue weighted by Gasteiger charge is 2.36. The Kier molecular flexibility index (Phi) is 6.63. The smallest absolute Gasteiger partial charge is 0.0159 e. The van der Waals surface area contributed by atoms with Gasteiger partial charge in [-0.25, -0.2) is 0 Å². The minimum atomic E-state index is -0.170. The van der Waals surface area contributed by atoms with Gasteiger partial charge in [-0.05, 0) is 123 Å². The molecule has 0 atom stereocenters. The Morgan fingerprint density at radius 2 is 0.863 bits per heavy atom. The Morgan fingerprint density at radius 3 is 1.51 bits per heavy atom. The molecule has 240 valence electrons. The maximum atomic E-state index is 2.49. The third kappa shape index (κ3) is 4.60. The molecule has 0 fully saturated rings. The zero-order valence-electron chi connectivity index (χ0n) is 28.8. The summed E-state index contributed by atoms with van der Waals surface area (Å²) in [4.78, 5) is 0. The van der Waals surface area contributed by atoms with Gasteiger partial charge in [0.2, 0.25) is 0 Å². The summed E-state index contributed by atoms with van der Waals surface area (Å²) in [6, 6.07) is 65.0.